The van der Waals surface area contributed by atoms with Gasteiger partial charge in [-0.25, -0.2) is 0 Å². The maximum absolute atomic E-state index is 12.8. The van der Waals surface area contributed by atoms with Gasteiger partial charge in [0.1, 0.15) is 0 Å². The summed E-state index contributed by atoms with van der Waals surface area (Å²) in [7, 11) is 0. The lowest BCUT2D eigenvalue weighted by Gasteiger charge is -2.33. The number of rotatable bonds is 6. The van der Waals surface area contributed by atoms with Crippen LogP contribution in [-0.4, -0.2) is 23.9 Å². The molecule has 1 fully saturated rings. The van der Waals surface area contributed by atoms with Crippen molar-refractivity contribution in [1.29, 1.82) is 0 Å². The van der Waals surface area contributed by atoms with Crippen molar-refractivity contribution in [3.8, 4) is 0 Å². The minimum absolute atomic E-state index is 0.231. The van der Waals surface area contributed by atoms with Crippen LogP contribution in [-0.2, 0) is 10.2 Å². The van der Waals surface area contributed by atoms with E-state index < -0.39 is 5.41 Å². The number of allylic oxidation sites excluding steroid dienone is 1. The Bertz CT molecular complexity index is 861. The van der Waals surface area contributed by atoms with Crippen molar-refractivity contribution < 1.29 is 4.79 Å². The normalized spacial score (nSPS) is 14.7. The molecule has 3 aromatic rings. The summed E-state index contributed by atoms with van der Waals surface area (Å²) in [5.74, 6) is 0.231. The van der Waals surface area contributed by atoms with Gasteiger partial charge >= 0.3 is 0 Å². The summed E-state index contributed by atoms with van der Waals surface area (Å²) in [5, 5.41) is 0. The standard InChI is InChI=1S/C28H29NO/c30-27(29-22-11-4-12-23-29)20-13-21-28(24-14-5-1-6-15-24,25-16-7-2-8-17-25)26-18-9-3-10-19-26/h1-3,5-10,13-19,21H,4,11-12,20,22-23H2/b21-13+. The largest absolute Gasteiger partial charge is 0.342 e. The highest BCUT2D eigenvalue weighted by Gasteiger charge is 2.33. The predicted molar refractivity (Wildman–Crippen MR) is 123 cm³/mol. The maximum atomic E-state index is 12.8. The smallest absolute Gasteiger partial charge is 0.226 e. The second-order valence-electron chi connectivity index (χ2n) is 7.95. The van der Waals surface area contributed by atoms with Crippen molar-refractivity contribution in [3.05, 3.63) is 120 Å². The lowest BCUT2D eigenvalue weighted by molar-refractivity contribution is -0.131. The molecular formula is C28H29NO. The average molecular weight is 396 g/mol. The van der Waals surface area contributed by atoms with Crippen molar-refractivity contribution in [2.75, 3.05) is 13.1 Å². The molecular weight excluding hydrogens is 366 g/mol. The Balaban J connectivity index is 1.76. The van der Waals surface area contributed by atoms with Crippen molar-refractivity contribution in [2.24, 2.45) is 0 Å². The van der Waals surface area contributed by atoms with Gasteiger partial charge in [-0.3, -0.25) is 4.79 Å². The van der Waals surface area contributed by atoms with E-state index in [9.17, 15) is 4.79 Å². The molecule has 2 nitrogen and oxygen atoms in total. The van der Waals surface area contributed by atoms with Gasteiger partial charge in [0, 0.05) is 19.5 Å². The Kier molecular flexibility index (Phi) is 6.44. The molecule has 0 aromatic heterocycles. The number of likely N-dealkylation sites (tertiary alicyclic amines) is 1. The van der Waals surface area contributed by atoms with Gasteiger partial charge in [-0.15, -0.1) is 0 Å². The molecule has 0 bridgehead atoms. The predicted octanol–water partition coefficient (Wildman–Crippen LogP) is 5.98. The van der Waals surface area contributed by atoms with Crippen LogP contribution in [0.1, 0.15) is 42.4 Å². The molecule has 4 rings (SSSR count). The molecule has 1 heterocycles. The van der Waals surface area contributed by atoms with Gasteiger partial charge in [-0.05, 0) is 36.0 Å². The van der Waals surface area contributed by atoms with Crippen molar-refractivity contribution in [1.82, 2.24) is 4.90 Å². The van der Waals surface area contributed by atoms with E-state index in [1.54, 1.807) is 0 Å². The fourth-order valence-electron chi connectivity index (χ4n) is 4.50. The van der Waals surface area contributed by atoms with E-state index in [0.717, 1.165) is 25.9 Å². The van der Waals surface area contributed by atoms with E-state index in [0.29, 0.717) is 6.42 Å². The third-order valence-corrected chi connectivity index (χ3v) is 6.06. The zero-order valence-corrected chi connectivity index (χ0v) is 17.4. The topological polar surface area (TPSA) is 20.3 Å². The molecule has 0 unspecified atom stereocenters. The molecule has 0 spiro atoms. The van der Waals surface area contributed by atoms with E-state index >= 15 is 0 Å². The van der Waals surface area contributed by atoms with E-state index in [1.165, 1.54) is 23.1 Å². The first-order valence-corrected chi connectivity index (χ1v) is 10.9. The first-order valence-electron chi connectivity index (χ1n) is 10.9. The van der Waals surface area contributed by atoms with Crippen LogP contribution >= 0.6 is 0 Å². The first kappa shape index (κ1) is 20.2. The number of nitrogens with zero attached hydrogens (tertiary/aromatic N) is 1. The van der Waals surface area contributed by atoms with Crippen LogP contribution in [0, 0.1) is 0 Å². The van der Waals surface area contributed by atoms with Crippen molar-refractivity contribution in [3.63, 3.8) is 0 Å². The van der Waals surface area contributed by atoms with Gasteiger partial charge in [0.15, 0.2) is 0 Å². The zero-order chi connectivity index (χ0) is 20.7. The summed E-state index contributed by atoms with van der Waals surface area (Å²) in [6, 6.07) is 31.7. The molecule has 1 saturated heterocycles. The molecule has 3 aromatic carbocycles. The molecule has 0 N–H and O–H groups in total. The fraction of sp³-hybridized carbons (Fsp3) is 0.250. The molecule has 1 amide bonds. The van der Waals surface area contributed by atoms with Crippen LogP contribution in [0.3, 0.4) is 0 Å². The van der Waals surface area contributed by atoms with Crippen LogP contribution in [0.15, 0.2) is 103 Å². The number of amides is 1. The summed E-state index contributed by atoms with van der Waals surface area (Å²) in [4.78, 5) is 14.8. The lowest BCUT2D eigenvalue weighted by atomic mass is 9.69. The SMILES string of the molecule is O=C(C/C=C/C(c1ccccc1)(c1ccccc1)c1ccccc1)N1CCCCC1. The van der Waals surface area contributed by atoms with Crippen molar-refractivity contribution in [2.45, 2.75) is 31.1 Å². The lowest BCUT2D eigenvalue weighted by Crippen LogP contribution is -2.35. The van der Waals surface area contributed by atoms with E-state index in [2.05, 4.69) is 84.9 Å². The van der Waals surface area contributed by atoms with Gasteiger partial charge in [0.05, 0.1) is 5.41 Å². The monoisotopic (exact) mass is 395 g/mol. The number of hydrogen-bond donors (Lipinski definition) is 0. The van der Waals surface area contributed by atoms with Gasteiger partial charge in [-0.2, -0.15) is 0 Å². The highest BCUT2D eigenvalue weighted by atomic mass is 16.2. The minimum atomic E-state index is -0.439. The number of carbonyl (C=O) groups is 1. The van der Waals surface area contributed by atoms with Gasteiger partial charge in [0.25, 0.3) is 0 Å². The molecule has 0 atom stereocenters. The Morgan fingerprint density at radius 3 is 1.57 bits per heavy atom. The molecule has 0 aliphatic carbocycles. The number of hydrogen-bond acceptors (Lipinski definition) is 1. The average Bonchev–Trinajstić information content (AvgIpc) is 2.84. The first-order chi connectivity index (χ1) is 14.8. The number of piperidine rings is 1. The van der Waals surface area contributed by atoms with Crippen LogP contribution in [0.25, 0.3) is 0 Å². The summed E-state index contributed by atoms with van der Waals surface area (Å²) < 4.78 is 0. The van der Waals surface area contributed by atoms with E-state index in [1.807, 2.05) is 23.1 Å². The van der Waals surface area contributed by atoms with Gasteiger partial charge < -0.3 is 4.90 Å². The molecule has 0 saturated carbocycles. The third kappa shape index (κ3) is 4.23. The Hall–Kier alpha value is -3.13. The van der Waals surface area contributed by atoms with E-state index in [-0.39, 0.29) is 5.91 Å². The molecule has 1 aliphatic heterocycles. The van der Waals surface area contributed by atoms with Crippen LogP contribution < -0.4 is 0 Å². The third-order valence-electron chi connectivity index (χ3n) is 6.06. The fourth-order valence-corrected chi connectivity index (χ4v) is 4.50. The highest BCUT2D eigenvalue weighted by molar-refractivity contribution is 5.78. The van der Waals surface area contributed by atoms with Gasteiger partial charge in [0.2, 0.25) is 5.91 Å². The summed E-state index contributed by atoms with van der Waals surface area (Å²) in [6.45, 7) is 1.79. The Morgan fingerprint density at radius 2 is 1.13 bits per heavy atom. The molecule has 152 valence electrons. The maximum Gasteiger partial charge on any atom is 0.226 e. The van der Waals surface area contributed by atoms with E-state index in [4.69, 9.17) is 0 Å². The van der Waals surface area contributed by atoms with Crippen LogP contribution in [0.2, 0.25) is 0 Å². The number of carbonyl (C=O) groups excluding carboxylic acids is 1. The Labute approximate surface area is 179 Å². The zero-order valence-electron chi connectivity index (χ0n) is 17.4. The van der Waals surface area contributed by atoms with Crippen LogP contribution in [0.5, 0.6) is 0 Å². The Morgan fingerprint density at radius 1 is 0.700 bits per heavy atom. The summed E-state index contributed by atoms with van der Waals surface area (Å²) >= 11 is 0. The molecule has 0 radical (unpaired) electrons. The summed E-state index contributed by atoms with van der Waals surface area (Å²) in [6.07, 6.45) is 8.22. The highest BCUT2D eigenvalue weighted by Crippen LogP contribution is 2.40. The number of benzene rings is 3. The van der Waals surface area contributed by atoms with Crippen LogP contribution in [0.4, 0.5) is 0 Å². The van der Waals surface area contributed by atoms with Gasteiger partial charge in [-0.1, -0.05) is 103 Å². The minimum Gasteiger partial charge on any atom is -0.342 e. The summed E-state index contributed by atoms with van der Waals surface area (Å²) in [5.41, 5.74) is 3.16. The second kappa shape index (κ2) is 9.58. The molecule has 1 aliphatic rings. The van der Waals surface area contributed by atoms with Crippen molar-refractivity contribution >= 4 is 5.91 Å². The quantitative estimate of drug-likeness (QED) is 0.371. The second-order valence-corrected chi connectivity index (χ2v) is 7.95. The molecule has 30 heavy (non-hydrogen) atoms. The molecule has 2 heteroatoms.